The van der Waals surface area contributed by atoms with Crippen LogP contribution in [0.15, 0.2) is 29.2 Å². The van der Waals surface area contributed by atoms with Gasteiger partial charge >= 0.3 is 6.09 Å². The maximum absolute atomic E-state index is 12.0. The van der Waals surface area contributed by atoms with Gasteiger partial charge in [0.05, 0.1) is 11.5 Å². The first kappa shape index (κ1) is 16.1. The van der Waals surface area contributed by atoms with Crippen LogP contribution in [-0.2, 0) is 14.3 Å². The second kappa shape index (κ2) is 6.64. The zero-order valence-corrected chi connectivity index (χ0v) is 12.8. The molecule has 0 spiro atoms. The summed E-state index contributed by atoms with van der Waals surface area (Å²) < 4.78 is 29.0. The highest BCUT2D eigenvalue weighted by Gasteiger charge is 2.25. The van der Waals surface area contributed by atoms with Gasteiger partial charge < -0.3 is 10.0 Å². The summed E-state index contributed by atoms with van der Waals surface area (Å²) in [5, 5.41) is 9.39. The van der Waals surface area contributed by atoms with Crippen molar-refractivity contribution in [2.45, 2.75) is 17.7 Å². The van der Waals surface area contributed by atoms with Gasteiger partial charge in [0, 0.05) is 24.0 Å². The average molecular weight is 334 g/mol. The van der Waals surface area contributed by atoms with Gasteiger partial charge in [-0.1, -0.05) is 11.6 Å². The minimum Gasteiger partial charge on any atom is -0.465 e. The topological polar surface area (TPSA) is 83.9 Å². The molecule has 6 nitrogen and oxygen atoms in total. The lowest BCUT2D eigenvalue weighted by Crippen LogP contribution is -2.40. The van der Waals surface area contributed by atoms with Gasteiger partial charge in [0.25, 0.3) is 10.1 Å². The molecule has 1 fully saturated rings. The Morgan fingerprint density at radius 2 is 2.05 bits per heavy atom. The SMILES string of the molecule is O=C(O)N1CCCC(COS(=O)(=O)c2ccc(Cl)cc2)C1. The predicted molar refractivity (Wildman–Crippen MR) is 76.9 cm³/mol. The normalized spacial score (nSPS) is 19.5. The molecule has 0 bridgehead atoms. The van der Waals surface area contributed by atoms with Gasteiger partial charge in [-0.15, -0.1) is 0 Å². The fourth-order valence-electron chi connectivity index (χ4n) is 2.23. The Balaban J connectivity index is 1.95. The van der Waals surface area contributed by atoms with Crippen molar-refractivity contribution in [3.05, 3.63) is 29.3 Å². The quantitative estimate of drug-likeness (QED) is 0.855. The summed E-state index contributed by atoms with van der Waals surface area (Å²) in [6.45, 7) is 0.760. The minimum absolute atomic E-state index is 0.0191. The Morgan fingerprint density at radius 1 is 1.38 bits per heavy atom. The van der Waals surface area contributed by atoms with Crippen molar-refractivity contribution in [3.63, 3.8) is 0 Å². The van der Waals surface area contributed by atoms with Crippen molar-refractivity contribution >= 4 is 27.8 Å². The van der Waals surface area contributed by atoms with Crippen molar-refractivity contribution in [2.24, 2.45) is 5.92 Å². The summed E-state index contributed by atoms with van der Waals surface area (Å²) >= 11 is 5.71. The van der Waals surface area contributed by atoms with E-state index in [4.69, 9.17) is 20.9 Å². The van der Waals surface area contributed by atoms with Crippen LogP contribution in [0, 0.1) is 5.92 Å². The van der Waals surface area contributed by atoms with Crippen LogP contribution >= 0.6 is 11.6 Å². The third-order valence-corrected chi connectivity index (χ3v) is 4.90. The van der Waals surface area contributed by atoms with Crippen LogP contribution in [0.3, 0.4) is 0 Å². The Morgan fingerprint density at radius 3 is 2.67 bits per heavy atom. The molecule has 1 saturated heterocycles. The van der Waals surface area contributed by atoms with Gasteiger partial charge in [0.1, 0.15) is 0 Å². The second-order valence-electron chi connectivity index (χ2n) is 4.93. The molecule has 1 N–H and O–H groups in total. The Labute approximate surface area is 128 Å². The zero-order chi connectivity index (χ0) is 15.5. The van der Waals surface area contributed by atoms with Crippen molar-refractivity contribution in [1.29, 1.82) is 0 Å². The molecule has 1 aromatic carbocycles. The summed E-state index contributed by atoms with van der Waals surface area (Å²) in [5.41, 5.74) is 0. The van der Waals surface area contributed by atoms with E-state index in [2.05, 4.69) is 0 Å². The summed E-state index contributed by atoms with van der Waals surface area (Å²) in [4.78, 5) is 12.2. The van der Waals surface area contributed by atoms with Gasteiger partial charge in [-0.05, 0) is 37.1 Å². The maximum Gasteiger partial charge on any atom is 0.407 e. The molecule has 1 aliphatic rings. The third kappa shape index (κ3) is 4.33. The van der Waals surface area contributed by atoms with E-state index < -0.39 is 16.2 Å². The van der Waals surface area contributed by atoms with E-state index in [0.29, 0.717) is 24.5 Å². The molecular formula is C13H16ClNO5S. The number of halogens is 1. The minimum atomic E-state index is -3.84. The van der Waals surface area contributed by atoms with Crippen LogP contribution in [0.2, 0.25) is 5.02 Å². The molecule has 1 heterocycles. The average Bonchev–Trinajstić information content (AvgIpc) is 2.46. The molecule has 8 heteroatoms. The summed E-state index contributed by atoms with van der Waals surface area (Å²) in [7, 11) is -3.84. The molecule has 0 aromatic heterocycles. The molecule has 21 heavy (non-hydrogen) atoms. The van der Waals surface area contributed by atoms with E-state index in [1.807, 2.05) is 0 Å². The number of benzene rings is 1. The van der Waals surface area contributed by atoms with Crippen molar-refractivity contribution in [1.82, 2.24) is 4.90 Å². The molecule has 1 unspecified atom stereocenters. The lowest BCUT2D eigenvalue weighted by molar-refractivity contribution is 0.106. The number of carbonyl (C=O) groups is 1. The molecule has 0 saturated carbocycles. The summed E-state index contributed by atoms with van der Waals surface area (Å²) in [5.74, 6) is -0.114. The van der Waals surface area contributed by atoms with Crippen LogP contribution in [0.5, 0.6) is 0 Å². The van der Waals surface area contributed by atoms with Crippen LogP contribution in [0.1, 0.15) is 12.8 Å². The van der Waals surface area contributed by atoms with Crippen LogP contribution in [-0.4, -0.2) is 44.2 Å². The lowest BCUT2D eigenvalue weighted by Gasteiger charge is -2.30. The molecule has 0 radical (unpaired) electrons. The number of piperidine rings is 1. The molecular weight excluding hydrogens is 318 g/mol. The number of hydrogen-bond acceptors (Lipinski definition) is 4. The van der Waals surface area contributed by atoms with Gasteiger partial charge in [-0.2, -0.15) is 8.42 Å². The number of nitrogens with zero attached hydrogens (tertiary/aromatic N) is 1. The van der Waals surface area contributed by atoms with Crippen molar-refractivity contribution in [2.75, 3.05) is 19.7 Å². The highest BCUT2D eigenvalue weighted by Crippen LogP contribution is 2.20. The molecule has 0 aliphatic carbocycles. The second-order valence-corrected chi connectivity index (χ2v) is 6.98. The first-order chi connectivity index (χ1) is 9.88. The number of likely N-dealkylation sites (tertiary alicyclic amines) is 1. The highest BCUT2D eigenvalue weighted by atomic mass is 35.5. The lowest BCUT2D eigenvalue weighted by atomic mass is 10.00. The largest absolute Gasteiger partial charge is 0.465 e. The molecule has 1 atom stereocenters. The number of amides is 1. The predicted octanol–water partition coefficient (Wildman–Crippen LogP) is 2.44. The van der Waals surface area contributed by atoms with Crippen molar-refractivity contribution in [3.8, 4) is 0 Å². The van der Waals surface area contributed by atoms with Gasteiger partial charge in [-0.25, -0.2) is 4.79 Å². The zero-order valence-electron chi connectivity index (χ0n) is 11.2. The molecule has 2 rings (SSSR count). The fraction of sp³-hybridized carbons (Fsp3) is 0.462. The molecule has 1 aromatic rings. The Kier molecular flexibility index (Phi) is 5.08. The third-order valence-electron chi connectivity index (χ3n) is 3.35. The maximum atomic E-state index is 12.0. The number of carboxylic acid groups (broad SMARTS) is 1. The number of hydrogen-bond donors (Lipinski definition) is 1. The highest BCUT2D eigenvalue weighted by molar-refractivity contribution is 7.86. The van der Waals surface area contributed by atoms with Gasteiger partial charge in [0.2, 0.25) is 0 Å². The number of rotatable bonds is 4. The van der Waals surface area contributed by atoms with E-state index in [-0.39, 0.29) is 17.4 Å². The van der Waals surface area contributed by atoms with E-state index >= 15 is 0 Å². The summed E-state index contributed by atoms with van der Waals surface area (Å²) in [6, 6.07) is 5.71. The van der Waals surface area contributed by atoms with E-state index in [0.717, 1.165) is 6.42 Å². The monoisotopic (exact) mass is 333 g/mol. The van der Waals surface area contributed by atoms with Crippen LogP contribution in [0.4, 0.5) is 4.79 Å². The van der Waals surface area contributed by atoms with Gasteiger partial charge in [-0.3, -0.25) is 4.18 Å². The van der Waals surface area contributed by atoms with E-state index in [1.165, 1.54) is 29.2 Å². The Bertz CT molecular complexity index is 601. The first-order valence-corrected chi connectivity index (χ1v) is 8.30. The smallest absolute Gasteiger partial charge is 0.407 e. The molecule has 1 aliphatic heterocycles. The summed E-state index contributed by atoms with van der Waals surface area (Å²) in [6.07, 6.45) is 0.474. The van der Waals surface area contributed by atoms with Gasteiger partial charge in [0.15, 0.2) is 0 Å². The van der Waals surface area contributed by atoms with Crippen LogP contribution < -0.4 is 0 Å². The van der Waals surface area contributed by atoms with E-state index in [9.17, 15) is 13.2 Å². The van der Waals surface area contributed by atoms with E-state index in [1.54, 1.807) is 0 Å². The Hall–Kier alpha value is -1.31. The standard InChI is InChI=1S/C13H16ClNO5S/c14-11-3-5-12(6-4-11)21(18,19)20-9-10-2-1-7-15(8-10)13(16)17/h3-6,10H,1-2,7-9H2,(H,16,17). The fourth-order valence-corrected chi connectivity index (χ4v) is 3.33. The van der Waals surface area contributed by atoms with Crippen molar-refractivity contribution < 1.29 is 22.5 Å². The first-order valence-electron chi connectivity index (χ1n) is 6.51. The molecule has 1 amide bonds. The molecule has 116 valence electrons. The van der Waals surface area contributed by atoms with Crippen LogP contribution in [0.25, 0.3) is 0 Å².